The largest absolute Gasteiger partial charge is 0.505 e. The number of fused-ring (bicyclic) bond motifs is 1. The minimum atomic E-state index is -0.686. The van der Waals surface area contributed by atoms with Gasteiger partial charge in [0, 0.05) is 31.7 Å². The van der Waals surface area contributed by atoms with Gasteiger partial charge in [-0.3, -0.25) is 14.0 Å². The van der Waals surface area contributed by atoms with Crippen LogP contribution in [0, 0.1) is 6.92 Å². The van der Waals surface area contributed by atoms with Crippen LogP contribution in [-0.2, 0) is 16.1 Å². The van der Waals surface area contributed by atoms with Crippen LogP contribution in [0.1, 0.15) is 29.4 Å². The van der Waals surface area contributed by atoms with Crippen molar-refractivity contribution < 1.29 is 14.7 Å². The van der Waals surface area contributed by atoms with Gasteiger partial charge in [0.2, 0.25) is 0 Å². The summed E-state index contributed by atoms with van der Waals surface area (Å²) < 4.78 is 3.66. The third kappa shape index (κ3) is 3.59. The molecule has 1 saturated heterocycles. The average Bonchev–Trinajstić information content (AvgIpc) is 3.52. The van der Waals surface area contributed by atoms with E-state index in [-0.39, 0.29) is 11.3 Å². The van der Waals surface area contributed by atoms with Crippen LogP contribution in [0.15, 0.2) is 79.0 Å². The van der Waals surface area contributed by atoms with E-state index in [1.165, 1.54) is 0 Å². The van der Waals surface area contributed by atoms with Gasteiger partial charge in [0.05, 0.1) is 23.6 Å². The number of pyridine rings is 1. The molecule has 166 valence electrons. The average molecular weight is 441 g/mol. The van der Waals surface area contributed by atoms with E-state index >= 15 is 0 Å². The van der Waals surface area contributed by atoms with Crippen LogP contribution in [0.5, 0.6) is 0 Å². The van der Waals surface area contributed by atoms with E-state index < -0.39 is 17.7 Å². The van der Waals surface area contributed by atoms with Crippen molar-refractivity contribution in [1.29, 1.82) is 0 Å². The van der Waals surface area contributed by atoms with Crippen molar-refractivity contribution in [2.24, 2.45) is 0 Å². The molecule has 8 heteroatoms. The molecule has 4 aromatic rings. The predicted octanol–water partition coefficient (Wildman–Crippen LogP) is 3.35. The minimum absolute atomic E-state index is 0.0857. The van der Waals surface area contributed by atoms with Crippen LogP contribution in [0.25, 0.3) is 11.4 Å². The third-order valence-electron chi connectivity index (χ3n) is 5.96. The lowest BCUT2D eigenvalue weighted by molar-refractivity contribution is -0.139. The number of aliphatic hydroxyl groups excluding tert-OH is 1. The zero-order chi connectivity index (χ0) is 22.9. The van der Waals surface area contributed by atoms with Crippen LogP contribution >= 0.6 is 0 Å². The Hall–Kier alpha value is -4.20. The van der Waals surface area contributed by atoms with Crippen LogP contribution in [-0.4, -0.2) is 47.2 Å². The molecule has 8 nitrogen and oxygen atoms in total. The van der Waals surface area contributed by atoms with E-state index in [4.69, 9.17) is 0 Å². The van der Waals surface area contributed by atoms with Crippen molar-refractivity contribution in [2.45, 2.75) is 25.9 Å². The normalized spacial score (nSPS) is 17.8. The van der Waals surface area contributed by atoms with Crippen molar-refractivity contribution in [3.05, 3.63) is 96.0 Å². The number of carbonyl (C=O) groups is 2. The highest BCUT2D eigenvalue weighted by Crippen LogP contribution is 2.40. The summed E-state index contributed by atoms with van der Waals surface area (Å²) in [5, 5.41) is 11.4. The summed E-state index contributed by atoms with van der Waals surface area (Å²) in [5.74, 6) is -1.51. The lowest BCUT2D eigenvalue weighted by Crippen LogP contribution is -2.31. The molecule has 0 aliphatic carbocycles. The maximum Gasteiger partial charge on any atom is 0.295 e. The number of amides is 1. The number of benzene rings is 1. The summed E-state index contributed by atoms with van der Waals surface area (Å²) in [5.41, 5.74) is 2.51. The lowest BCUT2D eigenvalue weighted by Gasteiger charge is -2.25. The zero-order valence-electron chi connectivity index (χ0n) is 18.1. The van der Waals surface area contributed by atoms with Gasteiger partial charge < -0.3 is 14.6 Å². The summed E-state index contributed by atoms with van der Waals surface area (Å²) in [6.45, 7) is 2.81. The molecule has 33 heavy (non-hydrogen) atoms. The van der Waals surface area contributed by atoms with E-state index in [9.17, 15) is 14.7 Å². The molecule has 3 aromatic heterocycles. The number of hydrogen-bond acceptors (Lipinski definition) is 5. The Balaban J connectivity index is 1.59. The zero-order valence-corrected chi connectivity index (χ0v) is 18.1. The number of ketones is 1. The van der Waals surface area contributed by atoms with E-state index in [0.29, 0.717) is 36.5 Å². The number of nitrogens with zero attached hydrogens (tertiary/aromatic N) is 5. The number of aliphatic hydroxyl groups is 1. The number of likely N-dealkylation sites (tertiary alicyclic amines) is 1. The van der Waals surface area contributed by atoms with Gasteiger partial charge in [0.1, 0.15) is 11.3 Å². The quantitative estimate of drug-likeness (QED) is 0.281. The molecule has 4 heterocycles. The Kier molecular flexibility index (Phi) is 5.26. The number of aromatic nitrogens is 4. The molecule has 1 aromatic carbocycles. The highest BCUT2D eigenvalue weighted by molar-refractivity contribution is 6.46. The molecule has 0 radical (unpaired) electrons. The molecule has 1 aliphatic heterocycles. The highest BCUT2D eigenvalue weighted by atomic mass is 16.3. The van der Waals surface area contributed by atoms with E-state index in [2.05, 4.69) is 9.97 Å². The second-order valence-electron chi connectivity index (χ2n) is 8.03. The van der Waals surface area contributed by atoms with Crippen molar-refractivity contribution >= 4 is 23.1 Å². The molecule has 1 N–H and O–H groups in total. The molecule has 5 rings (SSSR count). The Bertz CT molecular complexity index is 1360. The van der Waals surface area contributed by atoms with Gasteiger partial charge in [0.15, 0.2) is 5.76 Å². The highest BCUT2D eigenvalue weighted by Gasteiger charge is 2.46. The number of Topliss-reactive ketones (excluding diaryl/α,β-unsaturated/α-hetero) is 1. The first kappa shape index (κ1) is 20.7. The number of rotatable bonds is 6. The van der Waals surface area contributed by atoms with Crippen molar-refractivity contribution in [1.82, 2.24) is 23.8 Å². The second-order valence-corrected chi connectivity index (χ2v) is 8.03. The van der Waals surface area contributed by atoms with E-state index in [0.717, 1.165) is 5.56 Å². The van der Waals surface area contributed by atoms with Crippen LogP contribution in [0.3, 0.4) is 0 Å². The summed E-state index contributed by atoms with van der Waals surface area (Å²) >= 11 is 0. The predicted molar refractivity (Wildman–Crippen MR) is 122 cm³/mol. The number of imidazole rings is 2. The van der Waals surface area contributed by atoms with Gasteiger partial charge in [-0.2, -0.15) is 0 Å². The summed E-state index contributed by atoms with van der Waals surface area (Å²) in [7, 11) is 0. The van der Waals surface area contributed by atoms with Gasteiger partial charge in [-0.25, -0.2) is 9.97 Å². The SMILES string of the molecule is Cc1nc2ccccn2c1C(O)=C1C(=O)C(=O)N(CCCn2ccnc2)[C@@H]1c1ccccc1. The smallest absolute Gasteiger partial charge is 0.295 e. The summed E-state index contributed by atoms with van der Waals surface area (Å²) in [6.07, 6.45) is 7.70. The Labute approximate surface area is 190 Å². The molecular formula is C25H23N5O3. The number of carbonyl (C=O) groups excluding carboxylic acids is 2. The summed E-state index contributed by atoms with van der Waals surface area (Å²) in [6, 6.07) is 14.2. The molecule has 0 unspecified atom stereocenters. The standard InChI is InChI=1S/C25H23N5O3/c1-17-21(29-13-6-5-10-19(29)27-17)23(31)20-22(18-8-3-2-4-9-18)30(25(33)24(20)32)14-7-12-28-15-11-26-16-28/h2-6,8-11,13,15-16,22,31H,7,12,14H2,1H3/t22-/m1/s1. The van der Waals surface area contributed by atoms with E-state index in [1.807, 2.05) is 59.3 Å². The maximum absolute atomic E-state index is 13.2. The molecular weight excluding hydrogens is 418 g/mol. The lowest BCUT2D eigenvalue weighted by atomic mass is 9.96. The second kappa shape index (κ2) is 8.38. The molecule has 0 spiro atoms. The minimum Gasteiger partial charge on any atom is -0.505 e. The third-order valence-corrected chi connectivity index (χ3v) is 5.96. The Morgan fingerprint density at radius 2 is 1.82 bits per heavy atom. The maximum atomic E-state index is 13.2. The topological polar surface area (TPSA) is 92.7 Å². The first-order valence-corrected chi connectivity index (χ1v) is 10.8. The number of hydrogen-bond donors (Lipinski definition) is 1. The molecule has 1 aliphatic rings. The first-order valence-electron chi connectivity index (χ1n) is 10.8. The molecule has 0 saturated carbocycles. The fraction of sp³-hybridized carbons (Fsp3) is 0.200. The van der Waals surface area contributed by atoms with Gasteiger partial charge in [-0.05, 0) is 31.0 Å². The number of aryl methyl sites for hydroxylation is 2. The van der Waals surface area contributed by atoms with Crippen molar-refractivity contribution in [3.8, 4) is 0 Å². The Morgan fingerprint density at radius 3 is 2.58 bits per heavy atom. The van der Waals surface area contributed by atoms with Gasteiger partial charge in [-0.1, -0.05) is 36.4 Å². The fourth-order valence-electron chi connectivity index (χ4n) is 4.46. The fourth-order valence-corrected chi connectivity index (χ4v) is 4.46. The summed E-state index contributed by atoms with van der Waals surface area (Å²) in [4.78, 5) is 36.4. The molecule has 1 amide bonds. The monoisotopic (exact) mass is 441 g/mol. The van der Waals surface area contributed by atoms with Crippen LogP contribution in [0.2, 0.25) is 0 Å². The molecule has 1 atom stereocenters. The van der Waals surface area contributed by atoms with Crippen LogP contribution in [0.4, 0.5) is 0 Å². The van der Waals surface area contributed by atoms with Crippen molar-refractivity contribution in [3.63, 3.8) is 0 Å². The molecule has 0 bridgehead atoms. The van der Waals surface area contributed by atoms with Gasteiger partial charge in [-0.15, -0.1) is 0 Å². The van der Waals surface area contributed by atoms with Crippen molar-refractivity contribution in [2.75, 3.05) is 6.54 Å². The molecule has 1 fully saturated rings. The van der Waals surface area contributed by atoms with E-state index in [1.54, 1.807) is 34.9 Å². The van der Waals surface area contributed by atoms with Gasteiger partial charge >= 0.3 is 0 Å². The first-order chi connectivity index (χ1) is 16.1. The van der Waals surface area contributed by atoms with Crippen LogP contribution < -0.4 is 0 Å². The van der Waals surface area contributed by atoms with Gasteiger partial charge in [0.25, 0.3) is 11.7 Å². The Morgan fingerprint density at radius 1 is 1.03 bits per heavy atom.